The average molecular weight is 742 g/mol. The Balaban J connectivity index is 1.58. The number of halogens is 2. The van der Waals surface area contributed by atoms with Gasteiger partial charge < -0.3 is 26.2 Å². The minimum atomic E-state index is -3.62. The van der Waals surface area contributed by atoms with Gasteiger partial charge in [-0.1, -0.05) is 39.0 Å². The van der Waals surface area contributed by atoms with Crippen LogP contribution in [0.5, 0.6) is 0 Å². The lowest BCUT2D eigenvalue weighted by molar-refractivity contribution is -0.143. The Hall–Kier alpha value is -3.10. The van der Waals surface area contributed by atoms with E-state index < -0.39 is 73.9 Å². The summed E-state index contributed by atoms with van der Waals surface area (Å²) in [6.45, 7) is 6.97. The number of urea groups is 1. The summed E-state index contributed by atoms with van der Waals surface area (Å²) in [6.07, 6.45) is 5.06. The van der Waals surface area contributed by atoms with Gasteiger partial charge in [-0.3, -0.25) is 19.2 Å². The van der Waals surface area contributed by atoms with Crippen molar-refractivity contribution in [1.29, 1.82) is 0 Å². The van der Waals surface area contributed by atoms with Gasteiger partial charge in [0.1, 0.15) is 12.1 Å². The van der Waals surface area contributed by atoms with E-state index in [1.165, 1.54) is 4.90 Å². The van der Waals surface area contributed by atoms with Crippen molar-refractivity contribution in [3.63, 3.8) is 0 Å². The molecule has 51 heavy (non-hydrogen) atoms. The third-order valence-electron chi connectivity index (χ3n) is 10.8. The molecule has 288 valence electrons. The van der Waals surface area contributed by atoms with Crippen molar-refractivity contribution >= 4 is 39.4 Å². The third-order valence-corrected chi connectivity index (χ3v) is 13.6. The van der Waals surface area contributed by atoms with Crippen LogP contribution in [0.3, 0.4) is 0 Å². The number of rotatable bonds is 7. The van der Waals surface area contributed by atoms with Crippen molar-refractivity contribution in [2.75, 3.05) is 12.3 Å². The van der Waals surface area contributed by atoms with E-state index in [0.29, 0.717) is 44.9 Å². The Morgan fingerprint density at radius 2 is 1.53 bits per heavy atom. The maximum atomic E-state index is 14.3. The highest BCUT2D eigenvalue weighted by Crippen LogP contribution is 2.33. The smallest absolute Gasteiger partial charge is 0.315 e. The Bertz CT molecular complexity index is 1450. The van der Waals surface area contributed by atoms with Crippen LogP contribution >= 0.6 is 0 Å². The lowest BCUT2D eigenvalue weighted by Gasteiger charge is -2.40. The minimum Gasteiger partial charge on any atom is -0.347 e. The van der Waals surface area contributed by atoms with Gasteiger partial charge in [-0.15, -0.1) is 0 Å². The number of allylic oxidation sites excluding steroid dienone is 1. The van der Waals surface area contributed by atoms with Crippen LogP contribution < -0.4 is 21.3 Å². The van der Waals surface area contributed by atoms with E-state index in [-0.39, 0.29) is 55.5 Å². The van der Waals surface area contributed by atoms with Crippen molar-refractivity contribution in [1.82, 2.24) is 26.2 Å². The van der Waals surface area contributed by atoms with E-state index in [9.17, 15) is 41.2 Å². The standard InChI is InChI=1S/C36H57F2N5O7S/c1-23-20-28-31(45)40-26(29(44)32(46)39-25-16-17-25)14-8-6-12-24(30(37)38)13-7-9-15-27(33(47)43(28)21-23)41-34(48)42-36(18-10-5-11-19-36)22-51(49,50)35(2,3)4/h23,25-28H,5-22H2,1-4H3,(H,39,46)(H,40,45)(H2,41,42,48)/t23-,26+,27+,28+/m1/s1. The van der Waals surface area contributed by atoms with E-state index in [1.54, 1.807) is 20.8 Å². The van der Waals surface area contributed by atoms with Crippen molar-refractivity contribution in [2.24, 2.45) is 5.92 Å². The summed E-state index contributed by atoms with van der Waals surface area (Å²) in [4.78, 5) is 69.1. The van der Waals surface area contributed by atoms with Gasteiger partial charge in [0.05, 0.1) is 22.1 Å². The SMILES string of the molecule is C[C@@H]1C[C@H]2C(=O)N[C@H](C(=O)C(=O)NC3CC3)CCCCC(=C(F)F)CCCC[C@H](NC(=O)NC3(CS(=O)(=O)C(C)(C)C)CCCCC3)C(=O)N2C1. The molecule has 0 unspecified atom stereocenters. The number of fused-ring (bicyclic) bond motifs is 1. The van der Waals surface area contributed by atoms with Gasteiger partial charge in [0.15, 0.2) is 9.84 Å². The Morgan fingerprint density at radius 1 is 0.902 bits per heavy atom. The number of hydrogen-bond acceptors (Lipinski definition) is 7. The van der Waals surface area contributed by atoms with Gasteiger partial charge in [-0.25, -0.2) is 13.2 Å². The van der Waals surface area contributed by atoms with Crippen LogP contribution in [0.4, 0.5) is 13.6 Å². The van der Waals surface area contributed by atoms with Crippen molar-refractivity contribution < 1.29 is 41.2 Å². The summed E-state index contributed by atoms with van der Waals surface area (Å²) in [5.74, 6) is -3.06. The van der Waals surface area contributed by atoms with Crippen molar-refractivity contribution in [2.45, 2.75) is 165 Å². The van der Waals surface area contributed by atoms with Crippen molar-refractivity contribution in [3.05, 3.63) is 11.7 Å². The second kappa shape index (κ2) is 17.2. The van der Waals surface area contributed by atoms with Gasteiger partial charge in [0.25, 0.3) is 12.0 Å². The molecule has 12 nitrogen and oxygen atoms in total. The summed E-state index contributed by atoms with van der Waals surface area (Å²) in [5, 5.41) is 11.1. The largest absolute Gasteiger partial charge is 0.347 e. The summed E-state index contributed by atoms with van der Waals surface area (Å²) in [5.41, 5.74) is -1.05. The molecule has 0 spiro atoms. The van der Waals surface area contributed by atoms with E-state index in [4.69, 9.17) is 0 Å². The second-order valence-electron chi connectivity index (χ2n) is 16.2. The molecule has 0 aromatic carbocycles. The molecular weight excluding hydrogens is 684 g/mol. The van der Waals surface area contributed by atoms with Crippen LogP contribution in [0.1, 0.15) is 130 Å². The summed E-state index contributed by atoms with van der Waals surface area (Å²) in [6, 6.07) is -4.04. The number of Topliss-reactive ketones (excluding diaryl/α,β-unsaturated/α-hetero) is 1. The lowest BCUT2D eigenvalue weighted by Crippen LogP contribution is -2.61. The number of carbonyl (C=O) groups is 5. The number of nitrogens with one attached hydrogen (secondary N) is 4. The fraction of sp³-hybridized carbons (Fsp3) is 0.806. The zero-order valence-electron chi connectivity index (χ0n) is 30.6. The molecule has 5 amide bonds. The molecule has 4 N–H and O–H groups in total. The van der Waals surface area contributed by atoms with Gasteiger partial charge in [-0.2, -0.15) is 8.78 Å². The molecule has 2 aliphatic heterocycles. The molecule has 0 aromatic rings. The maximum absolute atomic E-state index is 14.3. The van der Waals surface area contributed by atoms with E-state index in [2.05, 4.69) is 21.3 Å². The summed E-state index contributed by atoms with van der Waals surface area (Å²) < 4.78 is 53.4. The van der Waals surface area contributed by atoms with E-state index in [1.807, 2.05) is 6.92 Å². The zero-order valence-corrected chi connectivity index (χ0v) is 31.4. The quantitative estimate of drug-likeness (QED) is 0.280. The molecular formula is C36H57F2N5O7S. The van der Waals surface area contributed by atoms with Gasteiger partial charge in [0.2, 0.25) is 17.6 Å². The predicted molar refractivity (Wildman–Crippen MR) is 188 cm³/mol. The van der Waals surface area contributed by atoms with Crippen LogP contribution in [0.15, 0.2) is 11.7 Å². The highest BCUT2D eigenvalue weighted by molar-refractivity contribution is 7.92. The molecule has 2 saturated carbocycles. The molecule has 0 bridgehead atoms. The fourth-order valence-corrected chi connectivity index (χ4v) is 8.93. The number of carbonyl (C=O) groups excluding carboxylic acids is 5. The normalized spacial score (nSPS) is 27.2. The highest BCUT2D eigenvalue weighted by atomic mass is 32.2. The van der Waals surface area contributed by atoms with Gasteiger partial charge in [0, 0.05) is 12.6 Å². The Labute approximate surface area is 301 Å². The molecule has 2 heterocycles. The van der Waals surface area contributed by atoms with E-state index >= 15 is 0 Å². The minimum absolute atomic E-state index is 0.0261. The third kappa shape index (κ3) is 11.2. The molecule has 4 atom stereocenters. The molecule has 15 heteroatoms. The second-order valence-corrected chi connectivity index (χ2v) is 19.0. The maximum Gasteiger partial charge on any atom is 0.315 e. The average Bonchev–Trinajstić information content (AvgIpc) is 3.77. The molecule has 0 aromatic heterocycles. The highest BCUT2D eigenvalue weighted by Gasteiger charge is 2.45. The number of ketones is 1. The first-order valence-electron chi connectivity index (χ1n) is 18.7. The first-order chi connectivity index (χ1) is 23.9. The van der Waals surface area contributed by atoms with Gasteiger partial charge >= 0.3 is 6.03 Å². The topological polar surface area (TPSA) is 171 Å². The molecule has 4 rings (SSSR count). The summed E-state index contributed by atoms with van der Waals surface area (Å²) >= 11 is 0. The monoisotopic (exact) mass is 741 g/mol. The first-order valence-corrected chi connectivity index (χ1v) is 20.4. The zero-order chi connectivity index (χ0) is 37.6. The molecule has 0 radical (unpaired) electrons. The van der Waals surface area contributed by atoms with Crippen LogP contribution in [0.25, 0.3) is 0 Å². The van der Waals surface area contributed by atoms with Gasteiger partial charge in [-0.05, 0) is 103 Å². The van der Waals surface area contributed by atoms with E-state index in [0.717, 1.165) is 32.1 Å². The Kier molecular flexibility index (Phi) is 13.7. The fourth-order valence-electron chi connectivity index (χ4n) is 7.41. The van der Waals surface area contributed by atoms with Crippen molar-refractivity contribution in [3.8, 4) is 0 Å². The number of nitrogens with zero attached hydrogens (tertiary/aromatic N) is 1. The molecule has 2 saturated heterocycles. The molecule has 4 aliphatic rings. The van der Waals surface area contributed by atoms with Crippen LogP contribution in [-0.4, -0.2) is 89.6 Å². The number of hydrogen-bond donors (Lipinski definition) is 4. The van der Waals surface area contributed by atoms with Crippen LogP contribution in [0, 0.1) is 5.92 Å². The number of sulfone groups is 1. The predicted octanol–water partition coefficient (Wildman–Crippen LogP) is 4.42. The van der Waals surface area contributed by atoms with Crippen LogP contribution in [0.2, 0.25) is 0 Å². The Morgan fingerprint density at radius 3 is 2.12 bits per heavy atom. The van der Waals surface area contributed by atoms with Crippen LogP contribution in [-0.2, 0) is 29.0 Å². The lowest BCUT2D eigenvalue weighted by atomic mass is 9.83. The summed E-state index contributed by atoms with van der Waals surface area (Å²) in [7, 11) is -3.62. The molecule has 4 fully saturated rings. The number of amides is 5. The first kappa shape index (κ1) is 40.7. The molecule has 2 aliphatic carbocycles.